The van der Waals surface area contributed by atoms with Crippen LogP contribution in [-0.2, 0) is 9.59 Å². The van der Waals surface area contributed by atoms with Crippen LogP contribution < -0.4 is 10.2 Å². The Morgan fingerprint density at radius 2 is 1.69 bits per heavy atom. The Hall–Kier alpha value is -3.15. The number of benzene rings is 2. The third-order valence-electron chi connectivity index (χ3n) is 4.41. The molecule has 1 saturated heterocycles. The molecule has 6 heteroatoms. The van der Waals surface area contributed by atoms with E-state index >= 15 is 0 Å². The Morgan fingerprint density at radius 3 is 2.27 bits per heavy atom. The number of aromatic carboxylic acids is 1. The second kappa shape index (κ2) is 7.00. The van der Waals surface area contributed by atoms with Crippen molar-refractivity contribution >= 4 is 29.2 Å². The van der Waals surface area contributed by atoms with E-state index < -0.39 is 11.9 Å². The van der Waals surface area contributed by atoms with Gasteiger partial charge in [0.05, 0.1) is 11.5 Å². The highest BCUT2D eigenvalue weighted by molar-refractivity contribution is 6.03. The van der Waals surface area contributed by atoms with Crippen molar-refractivity contribution in [2.45, 2.75) is 20.3 Å². The fourth-order valence-corrected chi connectivity index (χ4v) is 3.18. The molecule has 0 bridgehead atoms. The normalized spacial score (nSPS) is 16.6. The lowest BCUT2D eigenvalue weighted by molar-refractivity contribution is -0.122. The summed E-state index contributed by atoms with van der Waals surface area (Å²) in [6.45, 7) is 4.28. The first-order valence-corrected chi connectivity index (χ1v) is 8.36. The lowest BCUT2D eigenvalue weighted by Crippen LogP contribution is -2.28. The highest BCUT2D eigenvalue weighted by Crippen LogP contribution is 2.27. The maximum Gasteiger partial charge on any atom is 0.335 e. The van der Waals surface area contributed by atoms with E-state index in [2.05, 4.69) is 5.32 Å². The van der Waals surface area contributed by atoms with Gasteiger partial charge in [-0.3, -0.25) is 9.59 Å². The molecular formula is C20H20N2O4. The van der Waals surface area contributed by atoms with Crippen LogP contribution in [0, 0.1) is 19.8 Å². The summed E-state index contributed by atoms with van der Waals surface area (Å²) in [6, 6.07) is 11.9. The molecule has 1 heterocycles. The van der Waals surface area contributed by atoms with Crippen LogP contribution in [0.2, 0.25) is 0 Å². The number of nitrogens with zero attached hydrogens (tertiary/aromatic N) is 1. The van der Waals surface area contributed by atoms with Crippen molar-refractivity contribution in [3.05, 3.63) is 59.2 Å². The fraction of sp³-hybridized carbons (Fsp3) is 0.250. The Labute approximate surface area is 151 Å². The number of carbonyl (C=O) groups excluding carboxylic acids is 2. The maximum absolute atomic E-state index is 12.5. The van der Waals surface area contributed by atoms with E-state index in [1.54, 1.807) is 17.0 Å². The number of carboxylic acid groups (broad SMARTS) is 1. The first kappa shape index (κ1) is 17.7. The SMILES string of the molecule is Cc1cc(C)cc(N2CC(C(=O)Nc3ccc(C(=O)O)cc3)CC2=O)c1. The largest absolute Gasteiger partial charge is 0.478 e. The summed E-state index contributed by atoms with van der Waals surface area (Å²) in [4.78, 5) is 37.4. The van der Waals surface area contributed by atoms with Crippen LogP contribution in [0.5, 0.6) is 0 Å². The third-order valence-corrected chi connectivity index (χ3v) is 4.41. The van der Waals surface area contributed by atoms with E-state index in [9.17, 15) is 14.4 Å². The Bertz CT molecular complexity index is 854. The molecule has 1 atom stereocenters. The average Bonchev–Trinajstić information content (AvgIpc) is 2.96. The number of amides is 2. The van der Waals surface area contributed by atoms with Gasteiger partial charge in [-0.05, 0) is 61.4 Å². The fourth-order valence-electron chi connectivity index (χ4n) is 3.18. The number of hydrogen-bond acceptors (Lipinski definition) is 3. The number of carboxylic acids is 1. The number of carbonyl (C=O) groups is 3. The molecule has 2 aromatic rings. The molecule has 0 radical (unpaired) electrons. The molecule has 1 aliphatic rings. The van der Waals surface area contributed by atoms with Gasteiger partial charge in [0, 0.05) is 24.3 Å². The molecule has 1 unspecified atom stereocenters. The summed E-state index contributed by atoms with van der Waals surface area (Å²) in [5.74, 6) is -1.78. The van der Waals surface area contributed by atoms with E-state index in [4.69, 9.17) is 5.11 Å². The second-order valence-electron chi connectivity index (χ2n) is 6.62. The predicted octanol–water partition coefficient (Wildman–Crippen LogP) is 2.99. The van der Waals surface area contributed by atoms with Crippen molar-refractivity contribution in [2.24, 2.45) is 5.92 Å². The van der Waals surface area contributed by atoms with Gasteiger partial charge >= 0.3 is 5.97 Å². The number of rotatable bonds is 4. The summed E-state index contributed by atoms with van der Waals surface area (Å²) in [5, 5.41) is 11.7. The molecule has 6 nitrogen and oxygen atoms in total. The Morgan fingerprint density at radius 1 is 1.08 bits per heavy atom. The van der Waals surface area contributed by atoms with E-state index in [-0.39, 0.29) is 23.8 Å². The van der Waals surface area contributed by atoms with Crippen molar-refractivity contribution in [3.63, 3.8) is 0 Å². The van der Waals surface area contributed by atoms with E-state index in [0.717, 1.165) is 16.8 Å². The minimum absolute atomic E-state index is 0.0728. The third kappa shape index (κ3) is 3.74. The molecule has 26 heavy (non-hydrogen) atoms. The minimum atomic E-state index is -1.02. The summed E-state index contributed by atoms with van der Waals surface area (Å²) < 4.78 is 0. The molecule has 0 aliphatic carbocycles. The smallest absolute Gasteiger partial charge is 0.335 e. The Kier molecular flexibility index (Phi) is 4.75. The summed E-state index contributed by atoms with van der Waals surface area (Å²) >= 11 is 0. The average molecular weight is 352 g/mol. The molecule has 3 rings (SSSR count). The van der Waals surface area contributed by atoms with Crippen molar-refractivity contribution in [2.75, 3.05) is 16.8 Å². The monoisotopic (exact) mass is 352 g/mol. The van der Waals surface area contributed by atoms with Crippen molar-refractivity contribution in [1.29, 1.82) is 0 Å². The van der Waals surface area contributed by atoms with Gasteiger partial charge in [0.2, 0.25) is 11.8 Å². The number of nitrogens with one attached hydrogen (secondary N) is 1. The molecule has 2 N–H and O–H groups in total. The van der Waals surface area contributed by atoms with E-state index in [0.29, 0.717) is 12.2 Å². The number of hydrogen-bond donors (Lipinski definition) is 2. The van der Waals surface area contributed by atoms with Gasteiger partial charge in [-0.15, -0.1) is 0 Å². The summed E-state index contributed by atoms with van der Waals surface area (Å²) in [6.07, 6.45) is 0.159. The molecule has 2 aromatic carbocycles. The van der Waals surface area contributed by atoms with Crippen molar-refractivity contribution < 1.29 is 19.5 Å². The lowest BCUT2D eigenvalue weighted by Gasteiger charge is -2.18. The quantitative estimate of drug-likeness (QED) is 0.886. The van der Waals surface area contributed by atoms with Crippen LogP contribution in [0.15, 0.2) is 42.5 Å². The molecule has 1 fully saturated rings. The van der Waals surface area contributed by atoms with Crippen molar-refractivity contribution in [3.8, 4) is 0 Å². The Balaban J connectivity index is 1.69. The first-order valence-electron chi connectivity index (χ1n) is 8.36. The molecule has 0 aromatic heterocycles. The predicted molar refractivity (Wildman–Crippen MR) is 98.4 cm³/mol. The van der Waals surface area contributed by atoms with Gasteiger partial charge in [-0.25, -0.2) is 4.79 Å². The minimum Gasteiger partial charge on any atom is -0.478 e. The van der Waals surface area contributed by atoms with Gasteiger partial charge in [-0.1, -0.05) is 6.07 Å². The summed E-state index contributed by atoms with van der Waals surface area (Å²) in [5.41, 5.74) is 3.62. The number of aryl methyl sites for hydroxylation is 2. The molecule has 2 amide bonds. The zero-order chi connectivity index (χ0) is 18.8. The molecule has 0 spiro atoms. The molecule has 0 saturated carbocycles. The van der Waals surface area contributed by atoms with Crippen LogP contribution >= 0.6 is 0 Å². The van der Waals surface area contributed by atoms with E-state index in [1.807, 2.05) is 32.0 Å². The van der Waals surface area contributed by atoms with Gasteiger partial charge in [-0.2, -0.15) is 0 Å². The number of anilines is 2. The van der Waals surface area contributed by atoms with Gasteiger partial charge in [0.15, 0.2) is 0 Å². The van der Waals surface area contributed by atoms with Gasteiger partial charge in [0.1, 0.15) is 0 Å². The van der Waals surface area contributed by atoms with Crippen LogP contribution in [0.4, 0.5) is 11.4 Å². The van der Waals surface area contributed by atoms with Crippen LogP contribution in [0.25, 0.3) is 0 Å². The standard InChI is InChI=1S/C20H20N2O4/c1-12-7-13(2)9-17(8-12)22-11-15(10-18(22)23)19(24)21-16-5-3-14(4-6-16)20(25)26/h3-9,15H,10-11H2,1-2H3,(H,21,24)(H,25,26). The highest BCUT2D eigenvalue weighted by Gasteiger charge is 2.35. The topological polar surface area (TPSA) is 86.7 Å². The van der Waals surface area contributed by atoms with Crippen LogP contribution in [-0.4, -0.2) is 29.4 Å². The molecular weight excluding hydrogens is 332 g/mol. The second-order valence-corrected chi connectivity index (χ2v) is 6.62. The zero-order valence-electron chi connectivity index (χ0n) is 14.7. The lowest BCUT2D eigenvalue weighted by atomic mass is 10.1. The first-order chi connectivity index (χ1) is 12.3. The van der Waals surface area contributed by atoms with Crippen LogP contribution in [0.3, 0.4) is 0 Å². The summed E-state index contributed by atoms with van der Waals surface area (Å²) in [7, 11) is 0. The zero-order valence-corrected chi connectivity index (χ0v) is 14.7. The van der Waals surface area contributed by atoms with Crippen molar-refractivity contribution in [1.82, 2.24) is 0 Å². The van der Waals surface area contributed by atoms with Crippen LogP contribution in [0.1, 0.15) is 27.9 Å². The van der Waals surface area contributed by atoms with E-state index in [1.165, 1.54) is 12.1 Å². The molecule has 134 valence electrons. The van der Waals surface area contributed by atoms with Gasteiger partial charge < -0.3 is 15.3 Å². The van der Waals surface area contributed by atoms with Gasteiger partial charge in [0.25, 0.3) is 0 Å². The molecule has 1 aliphatic heterocycles. The highest BCUT2D eigenvalue weighted by atomic mass is 16.4. The maximum atomic E-state index is 12.5.